The molecule has 0 aromatic carbocycles. The normalized spacial score (nSPS) is 12.0. The maximum atomic E-state index is 12.2. The lowest BCUT2D eigenvalue weighted by atomic mass is 10.2. The van der Waals surface area contributed by atoms with Gasteiger partial charge in [0.15, 0.2) is 0 Å². The Hall–Kier alpha value is -1.23. The molecule has 0 saturated heterocycles. The van der Waals surface area contributed by atoms with Gasteiger partial charge in [-0.1, -0.05) is 0 Å². The van der Waals surface area contributed by atoms with Crippen LogP contribution in [0, 0.1) is 6.92 Å². The molecule has 0 bridgehead atoms. The molecule has 1 unspecified atom stereocenters. The van der Waals surface area contributed by atoms with Gasteiger partial charge in [-0.05, 0) is 51.3 Å². The largest absolute Gasteiger partial charge is 0.370 e. The highest BCUT2D eigenvalue weighted by molar-refractivity contribution is 7.98. The van der Waals surface area contributed by atoms with Crippen molar-refractivity contribution in [3.05, 3.63) is 23.4 Å². The van der Waals surface area contributed by atoms with Crippen molar-refractivity contribution >= 4 is 23.5 Å². The van der Waals surface area contributed by atoms with Gasteiger partial charge in [0.25, 0.3) is 5.91 Å². The first-order chi connectivity index (χ1) is 9.06. The van der Waals surface area contributed by atoms with Crippen molar-refractivity contribution in [3.8, 4) is 0 Å². The van der Waals surface area contributed by atoms with Crippen LogP contribution in [0.2, 0.25) is 0 Å². The summed E-state index contributed by atoms with van der Waals surface area (Å²) in [4.78, 5) is 16.5. The van der Waals surface area contributed by atoms with Crippen LogP contribution in [0.3, 0.4) is 0 Å². The molecule has 0 fully saturated rings. The lowest BCUT2D eigenvalue weighted by Gasteiger charge is -2.14. The molecule has 1 heterocycles. The summed E-state index contributed by atoms with van der Waals surface area (Å²) in [6.45, 7) is 6.73. The molecule has 2 N–H and O–H groups in total. The summed E-state index contributed by atoms with van der Waals surface area (Å²) in [5.41, 5.74) is 1.51. The number of rotatable bonds is 7. The zero-order valence-corrected chi connectivity index (χ0v) is 12.9. The maximum Gasteiger partial charge on any atom is 0.251 e. The SMILES string of the molecule is CCNc1cc(C(=O)NC(C)CCSC)cc(C)n1. The number of carbonyl (C=O) groups excluding carboxylic acids is 1. The van der Waals surface area contributed by atoms with Crippen LogP contribution in [-0.4, -0.2) is 35.5 Å². The van der Waals surface area contributed by atoms with E-state index in [4.69, 9.17) is 0 Å². The number of hydrogen-bond acceptors (Lipinski definition) is 4. The fraction of sp³-hybridized carbons (Fsp3) is 0.571. The Labute approximate surface area is 119 Å². The van der Waals surface area contributed by atoms with Crippen molar-refractivity contribution in [2.24, 2.45) is 0 Å². The molecule has 1 atom stereocenters. The molecule has 1 aromatic heterocycles. The van der Waals surface area contributed by atoms with Crippen molar-refractivity contribution < 1.29 is 4.79 Å². The molecule has 1 rings (SSSR count). The molecular formula is C14H23N3OS. The summed E-state index contributed by atoms with van der Waals surface area (Å²) in [5.74, 6) is 1.78. The molecule has 0 aliphatic carbocycles. The molecule has 106 valence electrons. The van der Waals surface area contributed by atoms with Crippen molar-refractivity contribution in [2.45, 2.75) is 33.2 Å². The Bertz CT molecular complexity index is 423. The first kappa shape index (κ1) is 15.8. The minimum absolute atomic E-state index is 0.0294. The molecular weight excluding hydrogens is 258 g/mol. The molecule has 0 saturated carbocycles. The lowest BCUT2D eigenvalue weighted by Crippen LogP contribution is -2.33. The smallest absolute Gasteiger partial charge is 0.251 e. The Morgan fingerprint density at radius 3 is 2.84 bits per heavy atom. The van der Waals surface area contributed by atoms with Gasteiger partial charge in [0, 0.05) is 23.8 Å². The van der Waals surface area contributed by atoms with Gasteiger partial charge in [0.1, 0.15) is 5.82 Å². The van der Waals surface area contributed by atoms with Crippen LogP contribution in [0.15, 0.2) is 12.1 Å². The highest BCUT2D eigenvalue weighted by atomic mass is 32.2. The quantitative estimate of drug-likeness (QED) is 0.807. The van der Waals surface area contributed by atoms with Crippen molar-refractivity contribution in [1.29, 1.82) is 0 Å². The Morgan fingerprint density at radius 2 is 2.21 bits per heavy atom. The molecule has 5 heteroatoms. The van der Waals surface area contributed by atoms with E-state index in [-0.39, 0.29) is 11.9 Å². The fourth-order valence-corrected chi connectivity index (χ4v) is 2.33. The lowest BCUT2D eigenvalue weighted by molar-refractivity contribution is 0.0939. The van der Waals surface area contributed by atoms with Crippen LogP contribution in [0.1, 0.15) is 36.3 Å². The molecule has 4 nitrogen and oxygen atoms in total. The van der Waals surface area contributed by atoms with Crippen LogP contribution in [0.5, 0.6) is 0 Å². The topological polar surface area (TPSA) is 54.0 Å². The number of pyridine rings is 1. The third-order valence-corrected chi connectivity index (χ3v) is 3.35. The van der Waals surface area contributed by atoms with E-state index in [0.29, 0.717) is 5.56 Å². The summed E-state index contributed by atoms with van der Waals surface area (Å²) in [7, 11) is 0. The van der Waals surface area contributed by atoms with E-state index in [0.717, 1.165) is 30.2 Å². The molecule has 0 aliphatic rings. The summed E-state index contributed by atoms with van der Waals surface area (Å²) >= 11 is 1.79. The van der Waals surface area contributed by atoms with Crippen molar-refractivity contribution in [1.82, 2.24) is 10.3 Å². The number of nitrogens with one attached hydrogen (secondary N) is 2. The Balaban J connectivity index is 2.70. The molecule has 0 radical (unpaired) electrons. The minimum atomic E-state index is -0.0294. The van der Waals surface area contributed by atoms with E-state index < -0.39 is 0 Å². The van der Waals surface area contributed by atoms with Crippen molar-refractivity contribution in [2.75, 3.05) is 23.9 Å². The van der Waals surface area contributed by atoms with Crippen LogP contribution >= 0.6 is 11.8 Å². The van der Waals surface area contributed by atoms with Gasteiger partial charge in [-0.3, -0.25) is 4.79 Å². The van der Waals surface area contributed by atoms with Gasteiger partial charge in [-0.25, -0.2) is 4.98 Å². The first-order valence-electron chi connectivity index (χ1n) is 6.59. The fourth-order valence-electron chi connectivity index (χ4n) is 1.75. The zero-order valence-electron chi connectivity index (χ0n) is 12.1. The predicted molar refractivity (Wildman–Crippen MR) is 83.1 cm³/mol. The number of hydrogen-bond donors (Lipinski definition) is 2. The second kappa shape index (κ2) is 8.04. The summed E-state index contributed by atoms with van der Waals surface area (Å²) in [6.07, 6.45) is 3.06. The zero-order chi connectivity index (χ0) is 14.3. The molecule has 0 aliphatic heterocycles. The van der Waals surface area contributed by atoms with Crippen LogP contribution in [0.4, 0.5) is 5.82 Å². The Morgan fingerprint density at radius 1 is 1.47 bits per heavy atom. The monoisotopic (exact) mass is 281 g/mol. The molecule has 19 heavy (non-hydrogen) atoms. The van der Waals surface area contributed by atoms with Gasteiger partial charge in [0.05, 0.1) is 0 Å². The molecule has 0 spiro atoms. The van der Waals surface area contributed by atoms with Crippen LogP contribution in [-0.2, 0) is 0 Å². The molecule has 1 aromatic rings. The second-order valence-electron chi connectivity index (χ2n) is 4.57. The Kier molecular flexibility index (Phi) is 6.70. The third-order valence-electron chi connectivity index (χ3n) is 2.71. The van der Waals surface area contributed by atoms with Crippen LogP contribution in [0.25, 0.3) is 0 Å². The van der Waals surface area contributed by atoms with E-state index in [2.05, 4.69) is 21.9 Å². The number of thioether (sulfide) groups is 1. The average molecular weight is 281 g/mol. The third kappa shape index (κ3) is 5.51. The van der Waals surface area contributed by atoms with Gasteiger partial charge in [-0.2, -0.15) is 11.8 Å². The van der Waals surface area contributed by atoms with E-state index in [1.165, 1.54) is 0 Å². The predicted octanol–water partition coefficient (Wildman–Crippen LogP) is 2.69. The summed E-state index contributed by atoms with van der Waals surface area (Å²) in [6, 6.07) is 3.81. The number of aryl methyl sites for hydroxylation is 1. The number of nitrogens with zero attached hydrogens (tertiary/aromatic N) is 1. The average Bonchev–Trinajstić information content (AvgIpc) is 2.36. The standard InChI is InChI=1S/C14H23N3OS/c1-5-15-13-9-12(8-11(3)16-13)14(18)17-10(2)6-7-19-4/h8-10H,5-7H2,1-4H3,(H,15,16)(H,17,18). The number of amides is 1. The van der Waals surface area contributed by atoms with Gasteiger partial charge in [0.2, 0.25) is 0 Å². The maximum absolute atomic E-state index is 12.2. The van der Waals surface area contributed by atoms with E-state index in [1.54, 1.807) is 17.8 Å². The highest BCUT2D eigenvalue weighted by Crippen LogP contribution is 2.11. The summed E-state index contributed by atoms with van der Waals surface area (Å²) in [5, 5.41) is 6.16. The second-order valence-corrected chi connectivity index (χ2v) is 5.55. The number of carbonyl (C=O) groups is 1. The first-order valence-corrected chi connectivity index (χ1v) is 7.98. The minimum Gasteiger partial charge on any atom is -0.370 e. The van der Waals surface area contributed by atoms with Gasteiger partial charge in [-0.15, -0.1) is 0 Å². The van der Waals surface area contributed by atoms with Gasteiger partial charge >= 0.3 is 0 Å². The van der Waals surface area contributed by atoms with Crippen molar-refractivity contribution in [3.63, 3.8) is 0 Å². The number of anilines is 1. The number of aromatic nitrogens is 1. The van der Waals surface area contributed by atoms with Crippen LogP contribution < -0.4 is 10.6 Å². The van der Waals surface area contributed by atoms with E-state index in [1.807, 2.05) is 26.8 Å². The highest BCUT2D eigenvalue weighted by Gasteiger charge is 2.11. The van der Waals surface area contributed by atoms with Gasteiger partial charge < -0.3 is 10.6 Å². The summed E-state index contributed by atoms with van der Waals surface area (Å²) < 4.78 is 0. The molecule has 1 amide bonds. The van der Waals surface area contributed by atoms with E-state index in [9.17, 15) is 4.79 Å². The van der Waals surface area contributed by atoms with E-state index >= 15 is 0 Å².